The van der Waals surface area contributed by atoms with E-state index in [-0.39, 0.29) is 17.2 Å². The third kappa shape index (κ3) is 2.28. The zero-order valence-corrected chi connectivity index (χ0v) is 14.5. The molecule has 6 nitrogen and oxygen atoms in total. The predicted molar refractivity (Wildman–Crippen MR) is 102 cm³/mol. The van der Waals surface area contributed by atoms with Crippen LogP contribution in [0.15, 0.2) is 53.7 Å². The summed E-state index contributed by atoms with van der Waals surface area (Å²) in [6.07, 6.45) is 0.407. The molecular weight excluding hydrogens is 348 g/mol. The highest BCUT2D eigenvalue weighted by atomic mass is 32.1. The summed E-state index contributed by atoms with van der Waals surface area (Å²) in [7, 11) is 0. The number of imidazole rings is 1. The molecule has 0 unspecified atom stereocenters. The van der Waals surface area contributed by atoms with Crippen molar-refractivity contribution in [2.24, 2.45) is 0 Å². The van der Waals surface area contributed by atoms with Crippen LogP contribution in [0.4, 0.5) is 5.69 Å². The monoisotopic (exact) mass is 362 g/mol. The van der Waals surface area contributed by atoms with E-state index in [2.05, 4.69) is 15.3 Å². The van der Waals surface area contributed by atoms with Gasteiger partial charge in [-0.05, 0) is 30.3 Å². The van der Waals surface area contributed by atoms with Crippen molar-refractivity contribution in [2.45, 2.75) is 13.0 Å². The van der Waals surface area contributed by atoms with E-state index in [0.717, 1.165) is 21.3 Å². The van der Waals surface area contributed by atoms with Gasteiger partial charge in [-0.2, -0.15) is 0 Å². The molecule has 2 aromatic heterocycles. The first-order valence-electron chi connectivity index (χ1n) is 8.23. The van der Waals surface area contributed by atoms with Gasteiger partial charge in [0.1, 0.15) is 17.2 Å². The largest absolute Gasteiger partial charge is 0.511 e. The lowest BCUT2D eigenvalue weighted by atomic mass is 10.1. The number of carbonyl (C=O) groups is 1. The number of fused-ring (bicyclic) bond motifs is 4. The summed E-state index contributed by atoms with van der Waals surface area (Å²) in [5, 5.41) is 13.3. The molecule has 0 radical (unpaired) electrons. The van der Waals surface area contributed by atoms with E-state index in [1.165, 1.54) is 11.3 Å². The molecule has 1 amide bonds. The number of nitrogens with one attached hydrogen (secondary N) is 1. The highest BCUT2D eigenvalue weighted by Crippen LogP contribution is 2.30. The van der Waals surface area contributed by atoms with Gasteiger partial charge >= 0.3 is 0 Å². The normalized spacial score (nSPS) is 14.0. The van der Waals surface area contributed by atoms with Gasteiger partial charge in [-0.15, -0.1) is 11.3 Å². The summed E-state index contributed by atoms with van der Waals surface area (Å²) in [6, 6.07) is 13.3. The SMILES string of the molecule is O=C(Nc1ccc2ncsc2c1)C1=C(O)CCn2c1nc1ccccc12. The minimum atomic E-state index is -0.359. The summed E-state index contributed by atoms with van der Waals surface area (Å²) in [4.78, 5) is 21.7. The van der Waals surface area contributed by atoms with Crippen LogP contribution in [-0.2, 0) is 11.3 Å². The maximum atomic E-state index is 12.9. The lowest BCUT2D eigenvalue weighted by Gasteiger charge is -2.18. The Hall–Kier alpha value is -3.19. The maximum absolute atomic E-state index is 12.9. The summed E-state index contributed by atoms with van der Waals surface area (Å²) in [5.41, 5.74) is 5.35. The van der Waals surface area contributed by atoms with E-state index >= 15 is 0 Å². The average molecular weight is 362 g/mol. The molecule has 5 rings (SSSR count). The molecule has 0 atom stereocenters. The minimum absolute atomic E-state index is 0.0733. The van der Waals surface area contributed by atoms with E-state index in [1.807, 2.05) is 47.0 Å². The summed E-state index contributed by atoms with van der Waals surface area (Å²) in [5.74, 6) is 0.220. The number of aromatic nitrogens is 3. The zero-order chi connectivity index (χ0) is 17.7. The number of benzene rings is 2. The number of aliphatic hydroxyl groups excluding tert-OH is 1. The second kappa shape index (κ2) is 5.67. The van der Waals surface area contributed by atoms with Crippen LogP contribution >= 0.6 is 11.3 Å². The first-order chi connectivity index (χ1) is 12.7. The van der Waals surface area contributed by atoms with Crippen LogP contribution in [0.3, 0.4) is 0 Å². The van der Waals surface area contributed by atoms with Crippen molar-refractivity contribution in [3.8, 4) is 0 Å². The average Bonchev–Trinajstić information content (AvgIpc) is 3.24. The maximum Gasteiger partial charge on any atom is 0.262 e. The second-order valence-corrected chi connectivity index (χ2v) is 7.02. The Morgan fingerprint density at radius 3 is 3.00 bits per heavy atom. The molecule has 2 N–H and O–H groups in total. The van der Waals surface area contributed by atoms with Gasteiger partial charge in [0, 0.05) is 18.7 Å². The van der Waals surface area contributed by atoms with Gasteiger partial charge in [0.2, 0.25) is 0 Å². The number of carbonyl (C=O) groups excluding carboxylic acids is 1. The Bertz CT molecular complexity index is 1200. The van der Waals surface area contributed by atoms with Gasteiger partial charge < -0.3 is 15.0 Å². The van der Waals surface area contributed by atoms with Crippen LogP contribution in [0, 0.1) is 0 Å². The van der Waals surface area contributed by atoms with Crippen LogP contribution in [0.1, 0.15) is 12.2 Å². The lowest BCUT2D eigenvalue weighted by molar-refractivity contribution is -0.111. The Morgan fingerprint density at radius 2 is 2.08 bits per heavy atom. The number of aliphatic hydroxyl groups is 1. The van der Waals surface area contributed by atoms with Crippen LogP contribution in [-0.4, -0.2) is 25.5 Å². The van der Waals surface area contributed by atoms with Crippen molar-refractivity contribution in [3.63, 3.8) is 0 Å². The lowest BCUT2D eigenvalue weighted by Crippen LogP contribution is -2.22. The molecule has 0 bridgehead atoms. The molecule has 1 aliphatic heterocycles. The van der Waals surface area contributed by atoms with Crippen LogP contribution in [0.25, 0.3) is 26.8 Å². The van der Waals surface area contributed by atoms with E-state index in [1.54, 1.807) is 5.51 Å². The van der Waals surface area contributed by atoms with Gasteiger partial charge in [0.25, 0.3) is 5.91 Å². The quantitative estimate of drug-likeness (QED) is 0.566. The summed E-state index contributed by atoms with van der Waals surface area (Å²) in [6.45, 7) is 0.602. The Labute approximate surface area is 152 Å². The topological polar surface area (TPSA) is 80.0 Å². The van der Waals surface area contributed by atoms with E-state index in [0.29, 0.717) is 24.5 Å². The number of hydrogen-bond donors (Lipinski definition) is 2. The predicted octanol–water partition coefficient (Wildman–Crippen LogP) is 3.96. The highest BCUT2D eigenvalue weighted by Gasteiger charge is 2.28. The summed E-state index contributed by atoms with van der Waals surface area (Å²) < 4.78 is 2.98. The van der Waals surface area contributed by atoms with Crippen LogP contribution < -0.4 is 5.32 Å². The first-order valence-corrected chi connectivity index (χ1v) is 9.11. The molecule has 0 aliphatic carbocycles. The fourth-order valence-corrected chi connectivity index (χ4v) is 4.04. The molecule has 128 valence electrons. The molecule has 7 heteroatoms. The molecule has 2 aromatic carbocycles. The number of thiazole rings is 1. The van der Waals surface area contributed by atoms with Crippen molar-refractivity contribution in [1.82, 2.24) is 14.5 Å². The third-order valence-corrected chi connectivity index (χ3v) is 5.35. The van der Waals surface area contributed by atoms with E-state index < -0.39 is 0 Å². The van der Waals surface area contributed by atoms with Crippen molar-refractivity contribution < 1.29 is 9.90 Å². The van der Waals surface area contributed by atoms with Crippen molar-refractivity contribution in [1.29, 1.82) is 0 Å². The molecule has 0 spiro atoms. The van der Waals surface area contributed by atoms with Crippen molar-refractivity contribution in [3.05, 3.63) is 59.6 Å². The fourth-order valence-electron chi connectivity index (χ4n) is 3.32. The smallest absolute Gasteiger partial charge is 0.262 e. The number of anilines is 1. The molecule has 0 saturated carbocycles. The number of amides is 1. The molecule has 0 saturated heterocycles. The van der Waals surface area contributed by atoms with Crippen molar-refractivity contribution in [2.75, 3.05) is 5.32 Å². The molecule has 0 fully saturated rings. The van der Waals surface area contributed by atoms with Crippen LogP contribution in [0.5, 0.6) is 0 Å². The number of aryl methyl sites for hydroxylation is 1. The second-order valence-electron chi connectivity index (χ2n) is 6.14. The Kier molecular flexibility index (Phi) is 3.29. The van der Waals surface area contributed by atoms with E-state index in [9.17, 15) is 9.90 Å². The first kappa shape index (κ1) is 15.1. The van der Waals surface area contributed by atoms with Crippen LogP contribution in [0.2, 0.25) is 0 Å². The standard InChI is InChI=1S/C19H14N4O2S/c24-15-7-8-23-14-4-2-1-3-12(14)22-18(23)17(15)19(25)21-11-5-6-13-16(9-11)26-10-20-13/h1-6,9-10,24H,7-8H2,(H,21,25). The Balaban J connectivity index is 1.55. The summed E-state index contributed by atoms with van der Waals surface area (Å²) >= 11 is 1.52. The fraction of sp³-hybridized carbons (Fsp3) is 0.105. The van der Waals surface area contributed by atoms with E-state index in [4.69, 9.17) is 0 Å². The van der Waals surface area contributed by atoms with Gasteiger partial charge in [0.05, 0.1) is 26.8 Å². The van der Waals surface area contributed by atoms with Gasteiger partial charge in [-0.25, -0.2) is 9.97 Å². The van der Waals surface area contributed by atoms with Crippen molar-refractivity contribution >= 4 is 49.8 Å². The van der Waals surface area contributed by atoms with Gasteiger partial charge in [-0.1, -0.05) is 12.1 Å². The molecule has 4 aromatic rings. The number of hydrogen-bond acceptors (Lipinski definition) is 5. The molecular formula is C19H14N4O2S. The van der Waals surface area contributed by atoms with Gasteiger partial charge in [-0.3, -0.25) is 4.79 Å². The Morgan fingerprint density at radius 1 is 1.19 bits per heavy atom. The number of rotatable bonds is 2. The number of para-hydroxylation sites is 2. The minimum Gasteiger partial charge on any atom is -0.511 e. The zero-order valence-electron chi connectivity index (χ0n) is 13.6. The van der Waals surface area contributed by atoms with Gasteiger partial charge in [0.15, 0.2) is 0 Å². The highest BCUT2D eigenvalue weighted by molar-refractivity contribution is 7.16. The molecule has 1 aliphatic rings. The number of nitrogens with zero attached hydrogens (tertiary/aromatic N) is 3. The third-order valence-electron chi connectivity index (χ3n) is 4.56. The number of allylic oxidation sites excluding steroid dienone is 1. The molecule has 3 heterocycles. The molecule has 26 heavy (non-hydrogen) atoms.